The maximum absolute atomic E-state index is 13.3. The summed E-state index contributed by atoms with van der Waals surface area (Å²) >= 11 is 0. The lowest BCUT2D eigenvalue weighted by Crippen LogP contribution is -2.34. The first-order chi connectivity index (χ1) is 9.42. The number of nitrogen functional groups attached to an aromatic ring is 1. The highest BCUT2D eigenvalue weighted by atomic mass is 32.2. The number of sulfonamides is 1. The molecule has 0 bridgehead atoms. The molecule has 1 rings (SSSR count). The van der Waals surface area contributed by atoms with Crippen molar-refractivity contribution in [2.75, 3.05) is 12.3 Å². The van der Waals surface area contributed by atoms with Crippen LogP contribution in [0, 0.1) is 18.2 Å². The molecule has 0 aliphatic rings. The van der Waals surface area contributed by atoms with Crippen molar-refractivity contribution in [1.82, 2.24) is 4.72 Å². The standard InChI is InChI=1S/C14H23FN2O3S/c1-9-5-11(15)12(16)6-13(9)21(19,20)17-8-10(18)7-14(2,3)4/h5-6,10,17-18H,7-8,16H2,1-4H3. The zero-order valence-corrected chi connectivity index (χ0v) is 13.6. The number of aliphatic hydroxyl groups excluding tert-OH is 1. The third-order valence-corrected chi connectivity index (χ3v) is 4.51. The fourth-order valence-electron chi connectivity index (χ4n) is 2.02. The summed E-state index contributed by atoms with van der Waals surface area (Å²) in [5, 5.41) is 9.85. The van der Waals surface area contributed by atoms with Crippen molar-refractivity contribution in [3.63, 3.8) is 0 Å². The summed E-state index contributed by atoms with van der Waals surface area (Å²) < 4.78 is 40.0. The smallest absolute Gasteiger partial charge is 0.240 e. The maximum atomic E-state index is 13.3. The van der Waals surface area contributed by atoms with E-state index in [0.717, 1.165) is 12.1 Å². The summed E-state index contributed by atoms with van der Waals surface area (Å²) in [7, 11) is -3.84. The molecule has 1 aromatic carbocycles. The van der Waals surface area contributed by atoms with Gasteiger partial charge in [-0.15, -0.1) is 0 Å². The van der Waals surface area contributed by atoms with Crippen LogP contribution in [0.3, 0.4) is 0 Å². The molecule has 0 spiro atoms. The monoisotopic (exact) mass is 318 g/mol. The normalized spacial score (nSPS) is 14.2. The fourth-order valence-corrected chi connectivity index (χ4v) is 3.35. The van der Waals surface area contributed by atoms with Gasteiger partial charge in [-0.3, -0.25) is 0 Å². The molecule has 7 heteroatoms. The largest absolute Gasteiger partial charge is 0.396 e. The Morgan fingerprint density at radius 2 is 1.95 bits per heavy atom. The van der Waals surface area contributed by atoms with Gasteiger partial charge in [0.15, 0.2) is 0 Å². The Morgan fingerprint density at radius 3 is 2.48 bits per heavy atom. The minimum atomic E-state index is -3.84. The number of anilines is 1. The Bertz CT molecular complexity index is 609. The van der Waals surface area contributed by atoms with Gasteiger partial charge in [0.25, 0.3) is 0 Å². The summed E-state index contributed by atoms with van der Waals surface area (Å²) in [5.41, 5.74) is 5.34. The molecule has 0 radical (unpaired) electrons. The molecule has 0 saturated carbocycles. The molecule has 0 fully saturated rings. The van der Waals surface area contributed by atoms with Crippen molar-refractivity contribution >= 4 is 15.7 Å². The number of rotatable bonds is 5. The fraction of sp³-hybridized carbons (Fsp3) is 0.571. The van der Waals surface area contributed by atoms with Crippen molar-refractivity contribution in [1.29, 1.82) is 0 Å². The van der Waals surface area contributed by atoms with Crippen LogP contribution in [-0.4, -0.2) is 26.2 Å². The van der Waals surface area contributed by atoms with Gasteiger partial charge >= 0.3 is 0 Å². The molecule has 0 aromatic heterocycles. The molecule has 1 atom stereocenters. The average Bonchev–Trinajstić information content (AvgIpc) is 2.29. The molecule has 4 N–H and O–H groups in total. The van der Waals surface area contributed by atoms with Crippen molar-refractivity contribution in [3.8, 4) is 0 Å². The van der Waals surface area contributed by atoms with E-state index in [0.29, 0.717) is 6.42 Å². The number of nitrogens with one attached hydrogen (secondary N) is 1. The van der Waals surface area contributed by atoms with Crippen LogP contribution in [0.5, 0.6) is 0 Å². The van der Waals surface area contributed by atoms with E-state index in [1.165, 1.54) is 6.92 Å². The molecule has 5 nitrogen and oxygen atoms in total. The number of hydrogen-bond donors (Lipinski definition) is 3. The number of benzene rings is 1. The molecule has 0 saturated heterocycles. The SMILES string of the molecule is Cc1cc(F)c(N)cc1S(=O)(=O)NCC(O)CC(C)(C)C. The van der Waals surface area contributed by atoms with Crippen molar-refractivity contribution < 1.29 is 17.9 Å². The molecular weight excluding hydrogens is 295 g/mol. The first-order valence-electron chi connectivity index (χ1n) is 6.66. The quantitative estimate of drug-likeness (QED) is 0.722. The van der Waals surface area contributed by atoms with Gasteiger partial charge < -0.3 is 10.8 Å². The van der Waals surface area contributed by atoms with Crippen LogP contribution >= 0.6 is 0 Å². The molecule has 0 amide bonds. The first-order valence-corrected chi connectivity index (χ1v) is 8.14. The molecule has 1 unspecified atom stereocenters. The summed E-state index contributed by atoms with van der Waals surface area (Å²) in [6.07, 6.45) is -0.335. The number of nitrogens with two attached hydrogens (primary N) is 1. The van der Waals surface area contributed by atoms with Crippen LogP contribution in [0.2, 0.25) is 0 Å². The number of halogens is 1. The van der Waals surface area contributed by atoms with Crippen LogP contribution in [-0.2, 0) is 10.0 Å². The molecule has 0 heterocycles. The summed E-state index contributed by atoms with van der Waals surface area (Å²) in [6.45, 7) is 7.25. The van der Waals surface area contributed by atoms with Crippen LogP contribution in [0.25, 0.3) is 0 Å². The topological polar surface area (TPSA) is 92.4 Å². The van der Waals surface area contributed by atoms with Crippen molar-refractivity contribution in [2.45, 2.75) is 45.1 Å². The highest BCUT2D eigenvalue weighted by molar-refractivity contribution is 7.89. The first kappa shape index (κ1) is 17.9. The minimum Gasteiger partial charge on any atom is -0.396 e. The maximum Gasteiger partial charge on any atom is 0.240 e. The Hall–Kier alpha value is -1.18. The average molecular weight is 318 g/mol. The lowest BCUT2D eigenvalue weighted by molar-refractivity contribution is 0.125. The second kappa shape index (κ2) is 6.29. The zero-order valence-electron chi connectivity index (χ0n) is 12.8. The van der Waals surface area contributed by atoms with Gasteiger partial charge in [0.2, 0.25) is 10.0 Å². The van der Waals surface area contributed by atoms with E-state index in [-0.39, 0.29) is 28.1 Å². The van der Waals surface area contributed by atoms with Crippen molar-refractivity contribution in [3.05, 3.63) is 23.5 Å². The number of aryl methyl sites for hydroxylation is 1. The van der Waals surface area contributed by atoms with E-state index in [2.05, 4.69) is 4.72 Å². The van der Waals surface area contributed by atoms with Crippen molar-refractivity contribution in [2.24, 2.45) is 5.41 Å². The summed E-state index contributed by atoms with van der Waals surface area (Å²) in [6, 6.07) is 2.17. The van der Waals surface area contributed by atoms with E-state index in [1.54, 1.807) is 0 Å². The van der Waals surface area contributed by atoms with Crippen LogP contribution < -0.4 is 10.5 Å². The summed E-state index contributed by atoms with van der Waals surface area (Å²) in [4.78, 5) is -0.0793. The van der Waals surface area contributed by atoms with Crippen LogP contribution in [0.15, 0.2) is 17.0 Å². The highest BCUT2D eigenvalue weighted by Gasteiger charge is 2.22. The van der Waals surface area contributed by atoms with Gasteiger partial charge in [-0.2, -0.15) is 0 Å². The molecule has 0 aliphatic heterocycles. The van der Waals surface area contributed by atoms with E-state index < -0.39 is 21.9 Å². The molecule has 1 aromatic rings. The predicted molar refractivity (Wildman–Crippen MR) is 80.8 cm³/mol. The second-order valence-electron chi connectivity index (χ2n) is 6.41. The Labute approximate surface area is 125 Å². The second-order valence-corrected chi connectivity index (χ2v) is 8.15. The van der Waals surface area contributed by atoms with E-state index in [9.17, 15) is 17.9 Å². The van der Waals surface area contributed by atoms with Crippen LogP contribution in [0.1, 0.15) is 32.8 Å². The Kier molecular flexibility index (Phi) is 5.35. The van der Waals surface area contributed by atoms with E-state index >= 15 is 0 Å². The number of hydrogen-bond acceptors (Lipinski definition) is 4. The molecular formula is C14H23FN2O3S. The lowest BCUT2D eigenvalue weighted by Gasteiger charge is -2.22. The zero-order chi connectivity index (χ0) is 16.4. The Morgan fingerprint density at radius 1 is 1.38 bits per heavy atom. The Balaban J connectivity index is 2.86. The van der Waals surface area contributed by atoms with Gasteiger partial charge in [-0.05, 0) is 36.5 Å². The summed E-state index contributed by atoms with van der Waals surface area (Å²) in [5.74, 6) is -0.654. The molecule has 0 aliphatic carbocycles. The van der Waals surface area contributed by atoms with Gasteiger partial charge in [0.1, 0.15) is 5.82 Å². The molecule has 21 heavy (non-hydrogen) atoms. The highest BCUT2D eigenvalue weighted by Crippen LogP contribution is 2.23. The van der Waals surface area contributed by atoms with E-state index in [1.807, 2.05) is 20.8 Å². The van der Waals surface area contributed by atoms with Gasteiger partial charge in [-0.25, -0.2) is 17.5 Å². The lowest BCUT2D eigenvalue weighted by atomic mass is 9.89. The van der Waals surface area contributed by atoms with Gasteiger partial charge in [0, 0.05) is 6.54 Å². The predicted octanol–water partition coefficient (Wildman–Crippen LogP) is 1.79. The van der Waals surface area contributed by atoms with Gasteiger partial charge in [-0.1, -0.05) is 20.8 Å². The van der Waals surface area contributed by atoms with Gasteiger partial charge in [0.05, 0.1) is 16.7 Å². The molecule has 120 valence electrons. The minimum absolute atomic E-state index is 0.0793. The third kappa shape index (κ3) is 5.26. The number of aliphatic hydroxyl groups is 1. The van der Waals surface area contributed by atoms with E-state index in [4.69, 9.17) is 5.73 Å². The van der Waals surface area contributed by atoms with Crippen LogP contribution in [0.4, 0.5) is 10.1 Å². The third-order valence-electron chi connectivity index (χ3n) is 2.94.